The second-order valence-corrected chi connectivity index (χ2v) is 6.41. The van der Waals surface area contributed by atoms with Crippen molar-refractivity contribution in [2.45, 2.75) is 110 Å². The molecule has 0 bridgehead atoms. The fourth-order valence-electron chi connectivity index (χ4n) is 2.65. The number of hydrogen-bond acceptors (Lipinski definition) is 3. The van der Waals surface area contributed by atoms with Gasteiger partial charge >= 0.3 is 11.9 Å². The van der Waals surface area contributed by atoms with Gasteiger partial charge in [0.15, 0.2) is 0 Å². The highest BCUT2D eigenvalue weighted by atomic mass is 16.5. The molecule has 0 radical (unpaired) electrons. The SMILES string of the molecule is CCCCCCCCCC(=O)OC(CCCC)CCCC(=O)O. The molecule has 0 aliphatic rings. The molecular formula is C19H36O4. The van der Waals surface area contributed by atoms with Crippen LogP contribution in [0.5, 0.6) is 0 Å². The number of rotatable bonds is 16. The van der Waals surface area contributed by atoms with Gasteiger partial charge in [0, 0.05) is 12.8 Å². The molecule has 0 aromatic carbocycles. The van der Waals surface area contributed by atoms with Gasteiger partial charge < -0.3 is 9.84 Å². The number of carbonyl (C=O) groups excluding carboxylic acids is 1. The topological polar surface area (TPSA) is 63.6 Å². The third-order valence-electron chi connectivity index (χ3n) is 4.08. The zero-order chi connectivity index (χ0) is 17.3. The Labute approximate surface area is 142 Å². The first-order valence-electron chi connectivity index (χ1n) is 9.51. The lowest BCUT2D eigenvalue weighted by molar-refractivity contribution is -0.150. The number of carboxylic acid groups (broad SMARTS) is 1. The van der Waals surface area contributed by atoms with Gasteiger partial charge in [0.05, 0.1) is 0 Å². The predicted molar refractivity (Wildman–Crippen MR) is 93.5 cm³/mol. The molecule has 0 heterocycles. The molecule has 4 heteroatoms. The van der Waals surface area contributed by atoms with Crippen LogP contribution < -0.4 is 0 Å². The van der Waals surface area contributed by atoms with Crippen LogP contribution in [-0.2, 0) is 14.3 Å². The van der Waals surface area contributed by atoms with Crippen LogP contribution >= 0.6 is 0 Å². The Morgan fingerprint density at radius 1 is 0.783 bits per heavy atom. The molecule has 0 amide bonds. The normalized spacial score (nSPS) is 12.1. The van der Waals surface area contributed by atoms with E-state index in [-0.39, 0.29) is 18.5 Å². The van der Waals surface area contributed by atoms with Gasteiger partial charge in [0.25, 0.3) is 0 Å². The van der Waals surface area contributed by atoms with E-state index in [1.54, 1.807) is 0 Å². The standard InChI is InChI=1S/C19H36O4/c1-3-5-7-8-9-10-11-16-19(22)23-17(13-6-4-2)14-12-15-18(20)21/h17H,3-16H2,1-2H3,(H,20,21). The van der Waals surface area contributed by atoms with Crippen molar-refractivity contribution >= 4 is 11.9 Å². The van der Waals surface area contributed by atoms with Crippen LogP contribution in [0.1, 0.15) is 104 Å². The second-order valence-electron chi connectivity index (χ2n) is 6.41. The van der Waals surface area contributed by atoms with E-state index in [4.69, 9.17) is 9.84 Å². The summed E-state index contributed by atoms with van der Waals surface area (Å²) in [6.45, 7) is 4.32. The van der Waals surface area contributed by atoms with Crippen molar-refractivity contribution in [1.29, 1.82) is 0 Å². The van der Waals surface area contributed by atoms with Crippen LogP contribution in [0.15, 0.2) is 0 Å². The number of carbonyl (C=O) groups is 2. The van der Waals surface area contributed by atoms with E-state index in [1.807, 2.05) is 0 Å². The number of unbranched alkanes of at least 4 members (excludes halogenated alkanes) is 7. The smallest absolute Gasteiger partial charge is 0.306 e. The summed E-state index contributed by atoms with van der Waals surface area (Å²) < 4.78 is 5.55. The fourth-order valence-corrected chi connectivity index (χ4v) is 2.65. The van der Waals surface area contributed by atoms with E-state index in [1.165, 1.54) is 32.1 Å². The molecule has 0 aliphatic heterocycles. The Hall–Kier alpha value is -1.06. The summed E-state index contributed by atoms with van der Waals surface area (Å²) in [6, 6.07) is 0. The highest BCUT2D eigenvalue weighted by Gasteiger charge is 2.14. The first-order chi connectivity index (χ1) is 11.1. The van der Waals surface area contributed by atoms with E-state index >= 15 is 0 Å². The molecule has 0 aliphatic carbocycles. The third-order valence-corrected chi connectivity index (χ3v) is 4.08. The lowest BCUT2D eigenvalue weighted by Crippen LogP contribution is -2.18. The summed E-state index contributed by atoms with van der Waals surface area (Å²) in [6.07, 6.45) is 13.0. The number of aliphatic carboxylic acids is 1. The summed E-state index contributed by atoms with van der Waals surface area (Å²) in [5.74, 6) is -0.899. The maximum atomic E-state index is 11.9. The lowest BCUT2D eigenvalue weighted by Gasteiger charge is -2.17. The van der Waals surface area contributed by atoms with E-state index in [0.717, 1.165) is 32.1 Å². The maximum Gasteiger partial charge on any atom is 0.306 e. The van der Waals surface area contributed by atoms with Crippen molar-refractivity contribution in [3.05, 3.63) is 0 Å². The van der Waals surface area contributed by atoms with Gasteiger partial charge in [-0.3, -0.25) is 9.59 Å². The lowest BCUT2D eigenvalue weighted by atomic mass is 10.1. The van der Waals surface area contributed by atoms with Gasteiger partial charge in [-0.2, -0.15) is 0 Å². The third kappa shape index (κ3) is 15.6. The molecule has 0 saturated carbocycles. The van der Waals surface area contributed by atoms with Crippen LogP contribution in [0.4, 0.5) is 0 Å². The first kappa shape index (κ1) is 21.9. The Balaban J connectivity index is 3.81. The predicted octanol–water partition coefficient (Wildman–Crippen LogP) is 5.48. The minimum Gasteiger partial charge on any atom is -0.481 e. The molecule has 1 N–H and O–H groups in total. The van der Waals surface area contributed by atoms with Crippen LogP contribution in [0.2, 0.25) is 0 Å². The van der Waals surface area contributed by atoms with E-state index in [9.17, 15) is 9.59 Å². The van der Waals surface area contributed by atoms with E-state index in [2.05, 4.69) is 13.8 Å². The van der Waals surface area contributed by atoms with Gasteiger partial charge in [-0.1, -0.05) is 65.2 Å². The Bertz CT molecular complexity index is 302. The molecule has 0 spiro atoms. The average Bonchev–Trinajstić information content (AvgIpc) is 2.51. The van der Waals surface area contributed by atoms with Crippen molar-refractivity contribution in [1.82, 2.24) is 0 Å². The summed E-state index contributed by atoms with van der Waals surface area (Å²) in [5, 5.41) is 8.70. The van der Waals surface area contributed by atoms with Crippen molar-refractivity contribution < 1.29 is 19.4 Å². The monoisotopic (exact) mass is 328 g/mol. The number of hydrogen-bond donors (Lipinski definition) is 1. The minimum atomic E-state index is -0.784. The first-order valence-corrected chi connectivity index (χ1v) is 9.51. The van der Waals surface area contributed by atoms with Crippen LogP contribution in [0, 0.1) is 0 Å². The van der Waals surface area contributed by atoms with Gasteiger partial charge in [-0.15, -0.1) is 0 Å². The zero-order valence-corrected chi connectivity index (χ0v) is 15.1. The molecular weight excluding hydrogens is 292 g/mol. The summed E-state index contributed by atoms with van der Waals surface area (Å²) in [4.78, 5) is 22.5. The summed E-state index contributed by atoms with van der Waals surface area (Å²) in [5.41, 5.74) is 0. The zero-order valence-electron chi connectivity index (χ0n) is 15.1. The molecule has 1 atom stereocenters. The molecule has 1 unspecified atom stereocenters. The largest absolute Gasteiger partial charge is 0.481 e. The number of carboxylic acids is 1. The summed E-state index contributed by atoms with van der Waals surface area (Å²) >= 11 is 0. The van der Waals surface area contributed by atoms with Crippen molar-refractivity contribution in [3.8, 4) is 0 Å². The maximum absolute atomic E-state index is 11.9. The molecule has 0 aromatic rings. The van der Waals surface area contributed by atoms with Gasteiger partial charge in [0.1, 0.15) is 6.10 Å². The highest BCUT2D eigenvalue weighted by Crippen LogP contribution is 2.15. The van der Waals surface area contributed by atoms with Gasteiger partial charge in [-0.25, -0.2) is 0 Å². The molecule has 136 valence electrons. The number of ether oxygens (including phenoxy) is 1. The van der Waals surface area contributed by atoms with E-state index in [0.29, 0.717) is 19.3 Å². The van der Waals surface area contributed by atoms with E-state index < -0.39 is 5.97 Å². The second kappa shape index (κ2) is 15.8. The quantitative estimate of drug-likeness (QED) is 0.301. The molecule has 23 heavy (non-hydrogen) atoms. The van der Waals surface area contributed by atoms with Gasteiger partial charge in [0.2, 0.25) is 0 Å². The molecule has 0 fully saturated rings. The Kier molecular flexibility index (Phi) is 15.1. The number of esters is 1. The molecule has 0 saturated heterocycles. The molecule has 0 rings (SSSR count). The summed E-state index contributed by atoms with van der Waals surface area (Å²) in [7, 11) is 0. The molecule has 0 aromatic heterocycles. The van der Waals surface area contributed by atoms with Crippen molar-refractivity contribution in [2.75, 3.05) is 0 Å². The van der Waals surface area contributed by atoms with Crippen LogP contribution in [0.25, 0.3) is 0 Å². The average molecular weight is 328 g/mol. The Morgan fingerprint density at radius 2 is 1.35 bits per heavy atom. The van der Waals surface area contributed by atoms with Crippen LogP contribution in [-0.4, -0.2) is 23.1 Å². The van der Waals surface area contributed by atoms with Gasteiger partial charge in [-0.05, 0) is 25.7 Å². The van der Waals surface area contributed by atoms with Crippen molar-refractivity contribution in [2.24, 2.45) is 0 Å². The highest BCUT2D eigenvalue weighted by molar-refractivity contribution is 5.69. The van der Waals surface area contributed by atoms with Crippen molar-refractivity contribution in [3.63, 3.8) is 0 Å². The molecule has 4 nitrogen and oxygen atoms in total. The van der Waals surface area contributed by atoms with Crippen LogP contribution in [0.3, 0.4) is 0 Å². The minimum absolute atomic E-state index is 0.105. The Morgan fingerprint density at radius 3 is 1.96 bits per heavy atom. The fraction of sp³-hybridized carbons (Fsp3) is 0.895.